The molecule has 3 rings (SSSR count). The van der Waals surface area contributed by atoms with Crippen LogP contribution >= 0.6 is 0 Å². The van der Waals surface area contributed by atoms with E-state index in [1.807, 2.05) is 73.5 Å². The van der Waals surface area contributed by atoms with Gasteiger partial charge in [-0.2, -0.15) is 5.10 Å². The van der Waals surface area contributed by atoms with E-state index in [9.17, 15) is 0 Å². The van der Waals surface area contributed by atoms with Gasteiger partial charge in [-0.05, 0) is 30.3 Å². The van der Waals surface area contributed by atoms with Gasteiger partial charge in [-0.15, -0.1) is 0 Å². The minimum Gasteiger partial charge on any atom is -0.378 e. The molecule has 3 aromatic rings. The lowest BCUT2D eigenvalue weighted by Crippen LogP contribution is -2.08. The highest BCUT2D eigenvalue weighted by atomic mass is 15.3. The smallest absolute Gasteiger partial charge is 0.152 e. The van der Waals surface area contributed by atoms with Crippen molar-refractivity contribution in [1.82, 2.24) is 9.78 Å². The molecule has 1 N–H and O–H groups in total. The Morgan fingerprint density at radius 2 is 1.76 bits per heavy atom. The molecule has 1 heterocycles. The van der Waals surface area contributed by atoms with Crippen LogP contribution in [-0.4, -0.2) is 23.9 Å². The molecule has 0 saturated heterocycles. The van der Waals surface area contributed by atoms with Crippen LogP contribution in [0, 0.1) is 0 Å². The summed E-state index contributed by atoms with van der Waals surface area (Å²) in [7, 11) is 4.06. The number of aromatic nitrogens is 2. The average Bonchev–Trinajstić information content (AvgIpc) is 2.97. The largest absolute Gasteiger partial charge is 0.378 e. The Bertz CT molecular complexity index is 716. The molecule has 21 heavy (non-hydrogen) atoms. The van der Waals surface area contributed by atoms with Crippen LogP contribution in [0.1, 0.15) is 0 Å². The van der Waals surface area contributed by atoms with Gasteiger partial charge < -0.3 is 10.2 Å². The molecule has 4 heteroatoms. The quantitative estimate of drug-likeness (QED) is 0.790. The molecule has 0 spiro atoms. The van der Waals surface area contributed by atoms with E-state index in [-0.39, 0.29) is 0 Å². The van der Waals surface area contributed by atoms with Crippen molar-refractivity contribution >= 4 is 17.2 Å². The van der Waals surface area contributed by atoms with E-state index in [0.29, 0.717) is 0 Å². The minimum atomic E-state index is 0.828. The van der Waals surface area contributed by atoms with Crippen LogP contribution < -0.4 is 10.2 Å². The SMILES string of the molecule is CN(C)c1cccc(Nc2ccn(-c3ccccc3)n2)c1. The van der Waals surface area contributed by atoms with E-state index in [0.717, 1.165) is 22.9 Å². The molecule has 0 aliphatic rings. The number of benzene rings is 2. The molecule has 106 valence electrons. The zero-order chi connectivity index (χ0) is 14.7. The van der Waals surface area contributed by atoms with Gasteiger partial charge in [-0.25, -0.2) is 4.68 Å². The van der Waals surface area contributed by atoms with Crippen molar-refractivity contribution in [1.29, 1.82) is 0 Å². The maximum absolute atomic E-state index is 4.54. The van der Waals surface area contributed by atoms with E-state index in [2.05, 4.69) is 27.4 Å². The van der Waals surface area contributed by atoms with Gasteiger partial charge in [0.1, 0.15) is 0 Å². The second kappa shape index (κ2) is 5.71. The Morgan fingerprint density at radius 3 is 2.52 bits per heavy atom. The van der Waals surface area contributed by atoms with Gasteiger partial charge in [0.05, 0.1) is 5.69 Å². The van der Waals surface area contributed by atoms with E-state index >= 15 is 0 Å². The Balaban J connectivity index is 1.80. The molecular weight excluding hydrogens is 260 g/mol. The van der Waals surface area contributed by atoms with E-state index in [1.165, 1.54) is 0 Å². The fraction of sp³-hybridized carbons (Fsp3) is 0.118. The lowest BCUT2D eigenvalue weighted by molar-refractivity contribution is 0.884. The summed E-state index contributed by atoms with van der Waals surface area (Å²) in [6, 6.07) is 20.3. The third-order valence-corrected chi connectivity index (χ3v) is 3.24. The Kier molecular flexibility index (Phi) is 3.60. The molecule has 1 aromatic heterocycles. The molecule has 0 unspecified atom stereocenters. The summed E-state index contributed by atoms with van der Waals surface area (Å²) in [6.07, 6.45) is 1.95. The molecule has 0 amide bonds. The van der Waals surface area contributed by atoms with Crippen LogP contribution in [0.4, 0.5) is 17.2 Å². The third-order valence-electron chi connectivity index (χ3n) is 3.24. The fourth-order valence-corrected chi connectivity index (χ4v) is 2.12. The van der Waals surface area contributed by atoms with E-state index < -0.39 is 0 Å². The molecular formula is C17H18N4. The number of hydrogen-bond acceptors (Lipinski definition) is 3. The van der Waals surface area contributed by atoms with Crippen molar-refractivity contribution in [3.63, 3.8) is 0 Å². The summed E-state index contributed by atoms with van der Waals surface area (Å²) >= 11 is 0. The van der Waals surface area contributed by atoms with Crippen molar-refractivity contribution in [3.05, 3.63) is 66.9 Å². The molecule has 0 atom stereocenters. The normalized spacial score (nSPS) is 10.4. The monoisotopic (exact) mass is 278 g/mol. The molecule has 2 aromatic carbocycles. The molecule has 4 nitrogen and oxygen atoms in total. The molecule has 0 radical (unpaired) electrons. The van der Waals surface area contributed by atoms with Crippen molar-refractivity contribution in [2.24, 2.45) is 0 Å². The predicted molar refractivity (Wildman–Crippen MR) is 87.6 cm³/mol. The van der Waals surface area contributed by atoms with Crippen LogP contribution in [0.5, 0.6) is 0 Å². The van der Waals surface area contributed by atoms with Crippen LogP contribution in [-0.2, 0) is 0 Å². The van der Waals surface area contributed by atoms with Crippen molar-refractivity contribution in [3.8, 4) is 5.69 Å². The first kappa shape index (κ1) is 13.2. The van der Waals surface area contributed by atoms with Crippen molar-refractivity contribution in [2.75, 3.05) is 24.3 Å². The van der Waals surface area contributed by atoms with Gasteiger partial charge in [0, 0.05) is 37.7 Å². The lowest BCUT2D eigenvalue weighted by Gasteiger charge is -2.13. The summed E-state index contributed by atoms with van der Waals surface area (Å²) < 4.78 is 1.86. The topological polar surface area (TPSA) is 33.1 Å². The first-order chi connectivity index (χ1) is 10.2. The highest BCUT2D eigenvalue weighted by molar-refractivity contribution is 5.63. The first-order valence-electron chi connectivity index (χ1n) is 6.88. The van der Waals surface area contributed by atoms with Gasteiger partial charge in [0.2, 0.25) is 0 Å². The summed E-state index contributed by atoms with van der Waals surface area (Å²) in [5.74, 6) is 0.828. The number of rotatable bonds is 4. The van der Waals surface area contributed by atoms with Gasteiger partial charge >= 0.3 is 0 Å². The Labute approximate surface area is 124 Å². The third kappa shape index (κ3) is 3.05. The highest BCUT2D eigenvalue weighted by Crippen LogP contribution is 2.21. The number of nitrogens with one attached hydrogen (secondary N) is 1. The van der Waals surface area contributed by atoms with Gasteiger partial charge in [0.15, 0.2) is 5.82 Å². The number of nitrogens with zero attached hydrogens (tertiary/aromatic N) is 3. The zero-order valence-electron chi connectivity index (χ0n) is 12.2. The standard InChI is InChI=1S/C17H18N4/c1-20(2)16-10-6-7-14(13-16)18-17-11-12-21(19-17)15-8-4-3-5-9-15/h3-13H,1-2H3,(H,18,19). The lowest BCUT2D eigenvalue weighted by atomic mass is 10.2. The van der Waals surface area contributed by atoms with Crippen LogP contribution in [0.3, 0.4) is 0 Å². The van der Waals surface area contributed by atoms with Crippen molar-refractivity contribution < 1.29 is 0 Å². The molecule has 0 aliphatic heterocycles. The van der Waals surface area contributed by atoms with Gasteiger partial charge in [-0.3, -0.25) is 0 Å². The number of hydrogen-bond donors (Lipinski definition) is 1. The first-order valence-corrected chi connectivity index (χ1v) is 6.88. The summed E-state index contributed by atoms with van der Waals surface area (Å²) in [5, 5.41) is 7.87. The highest BCUT2D eigenvalue weighted by Gasteiger charge is 2.02. The zero-order valence-corrected chi connectivity index (χ0v) is 12.2. The minimum absolute atomic E-state index is 0.828. The maximum atomic E-state index is 4.54. The predicted octanol–water partition coefficient (Wildman–Crippen LogP) is 3.68. The molecule has 0 fully saturated rings. The van der Waals surface area contributed by atoms with E-state index in [1.54, 1.807) is 0 Å². The Hall–Kier alpha value is -2.75. The van der Waals surface area contributed by atoms with Crippen LogP contribution in [0.15, 0.2) is 66.9 Å². The number of para-hydroxylation sites is 1. The van der Waals surface area contributed by atoms with E-state index in [4.69, 9.17) is 0 Å². The van der Waals surface area contributed by atoms with Crippen LogP contribution in [0.25, 0.3) is 5.69 Å². The van der Waals surface area contributed by atoms with Crippen LogP contribution in [0.2, 0.25) is 0 Å². The second-order valence-electron chi connectivity index (χ2n) is 5.05. The Morgan fingerprint density at radius 1 is 0.952 bits per heavy atom. The fourth-order valence-electron chi connectivity index (χ4n) is 2.12. The molecule has 0 saturated carbocycles. The maximum Gasteiger partial charge on any atom is 0.152 e. The number of anilines is 3. The summed E-state index contributed by atoms with van der Waals surface area (Å²) in [4.78, 5) is 2.08. The van der Waals surface area contributed by atoms with Gasteiger partial charge in [0.25, 0.3) is 0 Å². The summed E-state index contributed by atoms with van der Waals surface area (Å²) in [5.41, 5.74) is 3.23. The summed E-state index contributed by atoms with van der Waals surface area (Å²) in [6.45, 7) is 0. The van der Waals surface area contributed by atoms with Gasteiger partial charge in [-0.1, -0.05) is 24.3 Å². The van der Waals surface area contributed by atoms with Crippen molar-refractivity contribution in [2.45, 2.75) is 0 Å². The second-order valence-corrected chi connectivity index (χ2v) is 5.05. The molecule has 0 bridgehead atoms. The molecule has 0 aliphatic carbocycles. The average molecular weight is 278 g/mol.